The minimum atomic E-state index is -0.386. The molecule has 0 spiro atoms. The van der Waals surface area contributed by atoms with Crippen LogP contribution in [0.3, 0.4) is 0 Å². The molecule has 0 saturated carbocycles. The fourth-order valence-corrected chi connectivity index (χ4v) is 3.43. The van der Waals surface area contributed by atoms with Gasteiger partial charge in [-0.3, -0.25) is 9.48 Å². The zero-order valence-electron chi connectivity index (χ0n) is 18.2. The minimum absolute atomic E-state index is 0.175. The number of carbonyl (C=O) groups excluding carboxylic acids is 1. The van der Waals surface area contributed by atoms with Gasteiger partial charge in [-0.2, -0.15) is 5.10 Å². The number of benzene rings is 2. The molecule has 0 radical (unpaired) electrons. The summed E-state index contributed by atoms with van der Waals surface area (Å²) in [5.74, 6) is 0.778. The van der Waals surface area contributed by atoms with Crippen molar-refractivity contribution in [3.05, 3.63) is 101 Å². The quantitative estimate of drug-likeness (QED) is 0.423. The number of hydrogen-bond acceptors (Lipinski definition) is 4. The second-order valence-electron chi connectivity index (χ2n) is 7.62. The summed E-state index contributed by atoms with van der Waals surface area (Å²) in [5, 5.41) is 7.31. The number of carbonyl (C=O) groups is 1. The molecule has 4 rings (SSSR count). The second kappa shape index (κ2) is 9.09. The van der Waals surface area contributed by atoms with Crippen LogP contribution >= 0.6 is 0 Å². The van der Waals surface area contributed by atoms with Gasteiger partial charge in [-0.05, 0) is 56.7 Å². The number of aryl methyl sites for hydroxylation is 2. The Hall–Kier alpha value is -3.87. The van der Waals surface area contributed by atoms with Crippen LogP contribution in [-0.2, 0) is 13.2 Å². The molecule has 7 heteroatoms. The van der Waals surface area contributed by atoms with Gasteiger partial charge in [-0.1, -0.05) is 30.3 Å². The van der Waals surface area contributed by atoms with Gasteiger partial charge in [0.2, 0.25) is 0 Å². The standard InChI is InChI=1S/C25H24FN3O3/c1-16-7-6-9-20(13-16)31-15-21-11-12-23(32-21)25(30)27-24-17(2)28-29(18(24)3)14-19-8-4-5-10-22(19)26/h4-13H,14-15H2,1-3H3,(H,27,30). The molecule has 4 aromatic rings. The summed E-state index contributed by atoms with van der Waals surface area (Å²) in [4.78, 5) is 12.7. The zero-order chi connectivity index (χ0) is 22.7. The van der Waals surface area contributed by atoms with Crippen LogP contribution in [-0.4, -0.2) is 15.7 Å². The third-order valence-electron chi connectivity index (χ3n) is 5.15. The second-order valence-corrected chi connectivity index (χ2v) is 7.62. The molecule has 6 nitrogen and oxygen atoms in total. The van der Waals surface area contributed by atoms with Gasteiger partial charge < -0.3 is 14.5 Å². The third-order valence-corrected chi connectivity index (χ3v) is 5.15. The number of nitrogens with one attached hydrogen (secondary N) is 1. The molecule has 32 heavy (non-hydrogen) atoms. The summed E-state index contributed by atoms with van der Waals surface area (Å²) < 4.78 is 27.1. The first-order valence-electron chi connectivity index (χ1n) is 10.3. The molecule has 0 aliphatic heterocycles. The van der Waals surface area contributed by atoms with E-state index in [1.807, 2.05) is 38.1 Å². The number of hydrogen-bond donors (Lipinski definition) is 1. The number of nitrogens with zero attached hydrogens (tertiary/aromatic N) is 2. The van der Waals surface area contributed by atoms with Crippen molar-refractivity contribution in [3.63, 3.8) is 0 Å². The van der Waals surface area contributed by atoms with Gasteiger partial charge in [0.05, 0.1) is 23.6 Å². The summed E-state index contributed by atoms with van der Waals surface area (Å²) in [6.45, 7) is 6.11. The van der Waals surface area contributed by atoms with Crippen molar-refractivity contribution in [2.45, 2.75) is 33.9 Å². The van der Waals surface area contributed by atoms with E-state index in [9.17, 15) is 9.18 Å². The van der Waals surface area contributed by atoms with E-state index in [1.165, 1.54) is 6.07 Å². The van der Waals surface area contributed by atoms with Crippen LogP contribution in [0.25, 0.3) is 0 Å². The first kappa shape index (κ1) is 21.4. The Morgan fingerprint density at radius 3 is 2.69 bits per heavy atom. The minimum Gasteiger partial charge on any atom is -0.486 e. The average Bonchev–Trinajstić information content (AvgIpc) is 3.34. The van der Waals surface area contributed by atoms with Crippen LogP contribution in [0, 0.1) is 26.6 Å². The van der Waals surface area contributed by atoms with E-state index in [1.54, 1.807) is 41.9 Å². The van der Waals surface area contributed by atoms with Gasteiger partial charge in [0, 0.05) is 5.56 Å². The highest BCUT2D eigenvalue weighted by atomic mass is 19.1. The number of ether oxygens (including phenoxy) is 1. The Morgan fingerprint density at radius 2 is 1.91 bits per heavy atom. The van der Waals surface area contributed by atoms with Gasteiger partial charge in [0.15, 0.2) is 5.76 Å². The number of halogens is 1. The molecule has 2 aromatic heterocycles. The number of rotatable bonds is 7. The molecule has 0 aliphatic carbocycles. The van der Waals surface area contributed by atoms with Gasteiger partial charge in [-0.25, -0.2) is 4.39 Å². The van der Waals surface area contributed by atoms with Crippen LogP contribution in [0.5, 0.6) is 5.75 Å². The number of furan rings is 1. The van der Waals surface area contributed by atoms with E-state index in [-0.39, 0.29) is 30.6 Å². The molecule has 0 unspecified atom stereocenters. The molecule has 0 bridgehead atoms. The fourth-order valence-electron chi connectivity index (χ4n) is 3.43. The number of aromatic nitrogens is 2. The van der Waals surface area contributed by atoms with Gasteiger partial charge in [-0.15, -0.1) is 0 Å². The highest BCUT2D eigenvalue weighted by molar-refractivity contribution is 6.02. The van der Waals surface area contributed by atoms with Crippen molar-refractivity contribution in [2.75, 3.05) is 5.32 Å². The summed E-state index contributed by atoms with van der Waals surface area (Å²) >= 11 is 0. The molecule has 0 atom stereocenters. The lowest BCUT2D eigenvalue weighted by atomic mass is 10.2. The van der Waals surface area contributed by atoms with Crippen LogP contribution in [0.15, 0.2) is 65.1 Å². The van der Waals surface area contributed by atoms with E-state index >= 15 is 0 Å². The lowest BCUT2D eigenvalue weighted by Crippen LogP contribution is -2.12. The Balaban J connectivity index is 1.43. The predicted octanol–water partition coefficient (Wildman–Crippen LogP) is 5.42. The molecule has 0 fully saturated rings. The SMILES string of the molecule is Cc1cccc(OCc2ccc(C(=O)Nc3c(C)nn(Cc4ccccc4F)c3C)o2)c1. The zero-order valence-corrected chi connectivity index (χ0v) is 18.2. The molecule has 2 aromatic carbocycles. The van der Waals surface area contributed by atoms with Crippen LogP contribution in [0.1, 0.15) is 38.8 Å². The van der Waals surface area contributed by atoms with Crippen LogP contribution < -0.4 is 10.1 Å². The maximum Gasteiger partial charge on any atom is 0.291 e. The molecule has 164 valence electrons. The maximum atomic E-state index is 14.0. The summed E-state index contributed by atoms with van der Waals surface area (Å²) in [6, 6.07) is 17.6. The summed E-state index contributed by atoms with van der Waals surface area (Å²) in [6.07, 6.45) is 0. The molecular weight excluding hydrogens is 409 g/mol. The number of anilines is 1. The topological polar surface area (TPSA) is 69.3 Å². The van der Waals surface area contributed by atoms with Crippen molar-refractivity contribution in [1.29, 1.82) is 0 Å². The van der Waals surface area contributed by atoms with E-state index in [4.69, 9.17) is 9.15 Å². The smallest absolute Gasteiger partial charge is 0.291 e. The largest absolute Gasteiger partial charge is 0.486 e. The van der Waals surface area contributed by atoms with E-state index in [0.717, 1.165) is 17.0 Å². The Labute approximate surface area is 185 Å². The molecule has 1 N–H and O–H groups in total. The highest BCUT2D eigenvalue weighted by Gasteiger charge is 2.18. The van der Waals surface area contributed by atoms with Crippen LogP contribution in [0.2, 0.25) is 0 Å². The fraction of sp³-hybridized carbons (Fsp3) is 0.200. The van der Waals surface area contributed by atoms with E-state index in [2.05, 4.69) is 10.4 Å². The predicted molar refractivity (Wildman–Crippen MR) is 119 cm³/mol. The molecular formula is C25H24FN3O3. The van der Waals surface area contributed by atoms with Crippen LogP contribution in [0.4, 0.5) is 10.1 Å². The highest BCUT2D eigenvalue weighted by Crippen LogP contribution is 2.23. The molecule has 0 aliphatic rings. The lowest BCUT2D eigenvalue weighted by Gasteiger charge is -2.07. The Kier molecular flexibility index (Phi) is 6.07. The Bertz CT molecular complexity index is 1260. The molecule has 2 heterocycles. The van der Waals surface area contributed by atoms with Crippen molar-refractivity contribution in [1.82, 2.24) is 9.78 Å². The first-order valence-corrected chi connectivity index (χ1v) is 10.3. The van der Waals surface area contributed by atoms with E-state index in [0.29, 0.717) is 22.7 Å². The van der Waals surface area contributed by atoms with Crippen molar-refractivity contribution < 1.29 is 18.3 Å². The maximum absolute atomic E-state index is 14.0. The first-order chi connectivity index (χ1) is 15.4. The summed E-state index contributed by atoms with van der Waals surface area (Å²) in [7, 11) is 0. The lowest BCUT2D eigenvalue weighted by molar-refractivity contribution is 0.0992. The van der Waals surface area contributed by atoms with Crippen molar-refractivity contribution in [2.24, 2.45) is 0 Å². The van der Waals surface area contributed by atoms with Gasteiger partial charge in [0.25, 0.3) is 5.91 Å². The van der Waals surface area contributed by atoms with Crippen molar-refractivity contribution >= 4 is 11.6 Å². The van der Waals surface area contributed by atoms with Gasteiger partial charge >= 0.3 is 0 Å². The third kappa shape index (κ3) is 4.72. The normalized spacial score (nSPS) is 10.9. The van der Waals surface area contributed by atoms with Gasteiger partial charge in [0.1, 0.15) is 23.9 Å². The Morgan fingerprint density at radius 1 is 1.09 bits per heavy atom. The summed E-state index contributed by atoms with van der Waals surface area (Å²) in [5.41, 5.74) is 3.58. The monoisotopic (exact) mass is 433 g/mol. The molecule has 0 saturated heterocycles. The van der Waals surface area contributed by atoms with Crippen molar-refractivity contribution in [3.8, 4) is 5.75 Å². The molecule has 1 amide bonds. The van der Waals surface area contributed by atoms with E-state index < -0.39 is 0 Å². The average molecular weight is 433 g/mol. The number of amides is 1.